The number of hydrogen-bond acceptors (Lipinski definition) is 5. The molecule has 1 heterocycles. The van der Waals surface area contributed by atoms with Crippen molar-refractivity contribution in [1.29, 1.82) is 0 Å². The molecule has 0 aliphatic heterocycles. The molecule has 0 radical (unpaired) electrons. The fourth-order valence-electron chi connectivity index (χ4n) is 2.97. The summed E-state index contributed by atoms with van der Waals surface area (Å²) in [7, 11) is 2.74. The van der Waals surface area contributed by atoms with Gasteiger partial charge in [0, 0.05) is 11.6 Å². The van der Waals surface area contributed by atoms with Crippen molar-refractivity contribution in [2.24, 2.45) is 5.41 Å². The summed E-state index contributed by atoms with van der Waals surface area (Å²) in [4.78, 5) is 24.8. The van der Waals surface area contributed by atoms with Crippen LogP contribution in [0.25, 0.3) is 22.3 Å². The van der Waals surface area contributed by atoms with Gasteiger partial charge >= 0.3 is 5.97 Å². The summed E-state index contributed by atoms with van der Waals surface area (Å²) in [5.41, 5.74) is 0.947. The molecule has 5 nitrogen and oxygen atoms in total. The van der Waals surface area contributed by atoms with E-state index in [-0.39, 0.29) is 27.9 Å². The van der Waals surface area contributed by atoms with Gasteiger partial charge in [0.2, 0.25) is 5.75 Å². The number of ether oxygens (including phenoxy) is 1. The number of unbranched alkanes of at least 4 members (excludes halogenated alkanes) is 1. The highest BCUT2D eigenvalue weighted by atomic mass is 31.0. The third-order valence-electron chi connectivity index (χ3n) is 4.81. The molecule has 1 atom stereocenters. The first-order valence-corrected chi connectivity index (χ1v) is 10.8. The van der Waals surface area contributed by atoms with Crippen LogP contribution >= 0.6 is 9.24 Å². The van der Waals surface area contributed by atoms with Gasteiger partial charge in [0.25, 0.3) is 0 Å². The van der Waals surface area contributed by atoms with Crippen LogP contribution in [-0.2, 0) is 11.2 Å². The van der Waals surface area contributed by atoms with Crippen LogP contribution in [0.1, 0.15) is 39.2 Å². The molecule has 30 heavy (non-hydrogen) atoms. The summed E-state index contributed by atoms with van der Waals surface area (Å²) in [5, 5.41) is 10.8. The van der Waals surface area contributed by atoms with Gasteiger partial charge in [-0.1, -0.05) is 24.3 Å². The van der Waals surface area contributed by atoms with Crippen LogP contribution in [0.3, 0.4) is 0 Å². The zero-order valence-electron chi connectivity index (χ0n) is 17.5. The predicted molar refractivity (Wildman–Crippen MR) is 122 cm³/mol. The van der Waals surface area contributed by atoms with E-state index in [1.54, 1.807) is 20.8 Å². The lowest BCUT2D eigenvalue weighted by atomic mass is 9.97. The number of benzene rings is 2. The molecular weight excluding hydrogens is 399 g/mol. The molecule has 0 fully saturated rings. The van der Waals surface area contributed by atoms with Crippen molar-refractivity contribution in [3.8, 4) is 22.8 Å². The van der Waals surface area contributed by atoms with Gasteiger partial charge in [0.05, 0.1) is 10.8 Å². The Morgan fingerprint density at radius 1 is 1.10 bits per heavy atom. The van der Waals surface area contributed by atoms with Crippen LogP contribution in [0.5, 0.6) is 11.5 Å². The maximum Gasteiger partial charge on any atom is 0.316 e. The molecule has 1 N–H and O–H groups in total. The first kappa shape index (κ1) is 22.0. The van der Waals surface area contributed by atoms with Gasteiger partial charge < -0.3 is 14.3 Å². The summed E-state index contributed by atoms with van der Waals surface area (Å²) >= 11 is 0. The lowest BCUT2D eigenvalue weighted by Crippen LogP contribution is -2.25. The fourth-order valence-corrected chi connectivity index (χ4v) is 3.26. The largest absolute Gasteiger partial charge is 0.502 e. The van der Waals surface area contributed by atoms with Gasteiger partial charge in [-0.3, -0.25) is 9.59 Å². The Bertz CT molecular complexity index is 1110. The van der Waals surface area contributed by atoms with E-state index in [2.05, 4.69) is 9.24 Å². The number of esters is 1. The lowest BCUT2D eigenvalue weighted by molar-refractivity contribution is -0.143. The van der Waals surface area contributed by atoms with Gasteiger partial charge in [-0.05, 0) is 63.9 Å². The van der Waals surface area contributed by atoms with Gasteiger partial charge in [-0.15, -0.1) is 9.24 Å². The maximum absolute atomic E-state index is 12.6. The molecule has 2 aromatic carbocycles. The van der Waals surface area contributed by atoms with Crippen molar-refractivity contribution in [2.75, 3.05) is 6.16 Å². The summed E-state index contributed by atoms with van der Waals surface area (Å²) < 4.78 is 11.2. The van der Waals surface area contributed by atoms with Crippen molar-refractivity contribution in [3.63, 3.8) is 0 Å². The van der Waals surface area contributed by atoms with E-state index in [1.165, 1.54) is 23.8 Å². The van der Waals surface area contributed by atoms with Crippen LogP contribution in [0.15, 0.2) is 51.7 Å². The predicted octanol–water partition coefficient (Wildman–Crippen LogP) is 5.31. The molecule has 0 amide bonds. The minimum Gasteiger partial charge on any atom is -0.502 e. The van der Waals surface area contributed by atoms with Crippen molar-refractivity contribution in [3.05, 3.63) is 58.3 Å². The molecule has 158 valence electrons. The van der Waals surface area contributed by atoms with E-state index in [0.717, 1.165) is 31.0 Å². The summed E-state index contributed by atoms with van der Waals surface area (Å²) in [6, 6.07) is 12.1. The second kappa shape index (κ2) is 9.01. The number of carbonyl (C=O) groups excluding carboxylic acids is 1. The fraction of sp³-hybridized carbons (Fsp3) is 0.333. The number of hydrogen-bond donors (Lipinski definition) is 1. The van der Waals surface area contributed by atoms with Crippen LogP contribution < -0.4 is 10.2 Å². The van der Waals surface area contributed by atoms with Crippen LogP contribution in [-0.4, -0.2) is 17.2 Å². The number of aryl methyl sites for hydroxylation is 1. The molecule has 3 aromatic rings. The zero-order valence-corrected chi connectivity index (χ0v) is 18.7. The first-order chi connectivity index (χ1) is 14.2. The lowest BCUT2D eigenvalue weighted by Gasteiger charge is -2.17. The van der Waals surface area contributed by atoms with Crippen molar-refractivity contribution in [1.82, 2.24) is 0 Å². The quantitative estimate of drug-likeness (QED) is 0.250. The van der Waals surface area contributed by atoms with Crippen molar-refractivity contribution >= 4 is 26.2 Å². The average molecular weight is 426 g/mol. The number of phenols is 1. The third kappa shape index (κ3) is 4.91. The zero-order chi connectivity index (χ0) is 21.9. The molecule has 1 aromatic heterocycles. The average Bonchev–Trinajstić information content (AvgIpc) is 2.70. The van der Waals surface area contributed by atoms with Gasteiger partial charge in [-0.2, -0.15) is 0 Å². The van der Waals surface area contributed by atoms with Crippen LogP contribution in [0.4, 0.5) is 0 Å². The number of rotatable bonds is 6. The van der Waals surface area contributed by atoms with Gasteiger partial charge in [0.15, 0.2) is 16.8 Å². The molecule has 1 unspecified atom stereocenters. The molecule has 6 heteroatoms. The molecule has 0 aliphatic carbocycles. The Labute approximate surface area is 178 Å². The number of aromatic hydroxyl groups is 1. The summed E-state index contributed by atoms with van der Waals surface area (Å²) in [6.45, 7) is 5.16. The van der Waals surface area contributed by atoms with Crippen LogP contribution in [0.2, 0.25) is 0 Å². The normalized spacial score (nSPS) is 11.6. The number of carbonyl (C=O) groups is 1. The highest BCUT2D eigenvalue weighted by molar-refractivity contribution is 7.16. The molecule has 0 aliphatic rings. The molecule has 0 saturated carbocycles. The minimum atomic E-state index is -0.734. The molecular formula is C24H27O5P. The Kier molecular flexibility index (Phi) is 6.62. The van der Waals surface area contributed by atoms with Gasteiger partial charge in [0.1, 0.15) is 5.76 Å². The number of phenolic OH excluding ortho intramolecular Hbond substituents is 1. The second-order valence-electron chi connectivity index (χ2n) is 8.35. The van der Waals surface area contributed by atoms with E-state index >= 15 is 0 Å². The van der Waals surface area contributed by atoms with Crippen LogP contribution in [0, 0.1) is 5.41 Å². The van der Waals surface area contributed by atoms with Crippen molar-refractivity contribution < 1.29 is 19.1 Å². The first-order valence-electron chi connectivity index (χ1n) is 10.0. The topological polar surface area (TPSA) is 76.7 Å². The van der Waals surface area contributed by atoms with Gasteiger partial charge in [-0.25, -0.2) is 0 Å². The van der Waals surface area contributed by atoms with E-state index in [0.29, 0.717) is 5.76 Å². The standard InChI is InChI=1S/C24H27O5P/c1-24(2,3)23(27)29-19-12-11-17-18(25)14-20(28-22(17)21(19)26)16-9-7-15(8-10-16)6-4-5-13-30/h7-12,14,26H,4-6,13,30H2,1-3H3. The minimum absolute atomic E-state index is 0.00114. The Morgan fingerprint density at radius 3 is 2.43 bits per heavy atom. The summed E-state index contributed by atoms with van der Waals surface area (Å²) in [6.07, 6.45) is 4.38. The highest BCUT2D eigenvalue weighted by Gasteiger charge is 2.25. The Morgan fingerprint density at radius 2 is 1.80 bits per heavy atom. The smallest absolute Gasteiger partial charge is 0.316 e. The maximum atomic E-state index is 12.6. The Hall–Kier alpha value is -2.65. The van der Waals surface area contributed by atoms with E-state index in [9.17, 15) is 14.7 Å². The molecule has 0 saturated heterocycles. The van der Waals surface area contributed by atoms with Crippen molar-refractivity contribution in [2.45, 2.75) is 40.0 Å². The number of fused-ring (bicyclic) bond motifs is 1. The molecule has 0 bridgehead atoms. The molecule has 0 spiro atoms. The van der Waals surface area contributed by atoms with E-state index < -0.39 is 11.4 Å². The SMILES string of the molecule is CC(C)(C)C(=O)Oc1ccc2c(=O)cc(-c3ccc(CCCCP)cc3)oc2c1O. The van der Waals surface area contributed by atoms with E-state index in [4.69, 9.17) is 9.15 Å². The third-order valence-corrected chi connectivity index (χ3v) is 5.22. The highest BCUT2D eigenvalue weighted by Crippen LogP contribution is 2.36. The summed E-state index contributed by atoms with van der Waals surface area (Å²) in [5.74, 6) is -0.545. The monoisotopic (exact) mass is 426 g/mol. The Balaban J connectivity index is 1.96. The van der Waals surface area contributed by atoms with E-state index in [1.807, 2.05) is 24.3 Å². The molecule has 3 rings (SSSR count). The second-order valence-corrected chi connectivity index (χ2v) is 8.92.